The monoisotopic (exact) mass is 244 g/mol. The molecule has 16 heavy (non-hydrogen) atoms. The summed E-state index contributed by atoms with van der Waals surface area (Å²) in [6, 6.07) is 0. The zero-order chi connectivity index (χ0) is 12.2. The summed E-state index contributed by atoms with van der Waals surface area (Å²) < 4.78 is 22.1. The lowest BCUT2D eigenvalue weighted by Crippen LogP contribution is -2.14. The summed E-state index contributed by atoms with van der Waals surface area (Å²) in [5, 5.41) is 6.76. The summed E-state index contributed by atoms with van der Waals surface area (Å²) in [7, 11) is -0.548. The largest absolute Gasteiger partial charge is 0.378 e. The van der Waals surface area contributed by atoms with E-state index in [0.717, 1.165) is 18.4 Å². The fraction of sp³-hybridized carbons (Fsp3) is 0.500. The molecule has 6 heteroatoms. The van der Waals surface area contributed by atoms with Crippen molar-refractivity contribution in [2.24, 2.45) is 0 Å². The Bertz CT molecular complexity index is 406. The van der Waals surface area contributed by atoms with Crippen LogP contribution in [0.5, 0.6) is 0 Å². The molecule has 0 spiro atoms. The number of aromatic nitrogens is 2. The highest BCUT2D eigenvalue weighted by Gasteiger charge is 2.31. The number of nitrogens with one attached hydrogen (secondary N) is 1. The number of H-pyrrole nitrogens is 1. The topological polar surface area (TPSA) is 64.2 Å². The summed E-state index contributed by atoms with van der Waals surface area (Å²) in [5.74, 6) is 0. The van der Waals surface area contributed by atoms with Crippen molar-refractivity contribution in [3.8, 4) is 0 Å². The second-order valence-electron chi connectivity index (χ2n) is 3.25. The summed E-state index contributed by atoms with van der Waals surface area (Å²) in [4.78, 5) is 0. The van der Waals surface area contributed by atoms with Gasteiger partial charge in [0.25, 0.3) is 0 Å². The van der Waals surface area contributed by atoms with Crippen LogP contribution in [0.1, 0.15) is 24.6 Å². The predicted molar refractivity (Wildman–Crippen MR) is 63.9 cm³/mol. The van der Waals surface area contributed by atoms with Crippen LogP contribution in [0, 0.1) is 0 Å². The Morgan fingerprint density at radius 3 is 2.56 bits per heavy atom. The van der Waals surface area contributed by atoms with Gasteiger partial charge < -0.3 is 9.05 Å². The van der Waals surface area contributed by atoms with Crippen molar-refractivity contribution in [1.29, 1.82) is 0 Å². The van der Waals surface area contributed by atoms with E-state index in [2.05, 4.69) is 16.8 Å². The molecule has 0 bridgehead atoms. The normalized spacial score (nSPS) is 11.7. The van der Waals surface area contributed by atoms with E-state index < -0.39 is 7.60 Å². The number of rotatable bonds is 6. The summed E-state index contributed by atoms with van der Waals surface area (Å²) in [6.07, 6.45) is 3.30. The number of aromatic amines is 1. The second kappa shape index (κ2) is 5.43. The van der Waals surface area contributed by atoms with Crippen LogP contribution < -0.4 is 5.44 Å². The third-order valence-electron chi connectivity index (χ3n) is 2.33. The molecule has 0 atom stereocenters. The molecular weight excluding hydrogens is 227 g/mol. The molecule has 0 saturated heterocycles. The Hall–Kier alpha value is -0.900. The Morgan fingerprint density at radius 1 is 1.50 bits per heavy atom. The van der Waals surface area contributed by atoms with Crippen molar-refractivity contribution in [2.75, 3.05) is 14.2 Å². The van der Waals surface area contributed by atoms with Gasteiger partial charge in [-0.05, 0) is 12.5 Å². The van der Waals surface area contributed by atoms with Gasteiger partial charge >= 0.3 is 7.60 Å². The zero-order valence-corrected chi connectivity index (χ0v) is 10.7. The van der Waals surface area contributed by atoms with Crippen LogP contribution in [0.2, 0.25) is 0 Å². The maximum atomic E-state index is 12.2. The Kier molecular flexibility index (Phi) is 4.47. The van der Waals surface area contributed by atoms with E-state index in [-0.39, 0.29) is 0 Å². The maximum Gasteiger partial charge on any atom is 0.378 e. The molecule has 5 nitrogen and oxygen atoms in total. The van der Waals surface area contributed by atoms with Gasteiger partial charge in [0, 0.05) is 19.8 Å². The van der Waals surface area contributed by atoms with Gasteiger partial charge in [-0.2, -0.15) is 5.10 Å². The minimum absolute atomic E-state index is 0.425. The molecule has 1 N–H and O–H groups in total. The second-order valence-corrected chi connectivity index (χ2v) is 5.43. The van der Waals surface area contributed by atoms with E-state index in [4.69, 9.17) is 9.05 Å². The number of nitrogens with zero attached hydrogens (tertiary/aromatic N) is 1. The van der Waals surface area contributed by atoms with Gasteiger partial charge in [-0.25, -0.2) is 0 Å². The van der Waals surface area contributed by atoms with E-state index in [0.29, 0.717) is 11.1 Å². The van der Waals surface area contributed by atoms with Gasteiger partial charge in [0.05, 0.1) is 5.69 Å². The Labute approximate surface area is 95.4 Å². The van der Waals surface area contributed by atoms with E-state index in [1.54, 1.807) is 6.08 Å². The van der Waals surface area contributed by atoms with Crippen molar-refractivity contribution in [1.82, 2.24) is 10.2 Å². The van der Waals surface area contributed by atoms with Gasteiger partial charge in [-0.15, -0.1) is 0 Å². The van der Waals surface area contributed by atoms with E-state index >= 15 is 0 Å². The summed E-state index contributed by atoms with van der Waals surface area (Å²) in [6.45, 7) is 5.70. The number of hydrogen-bond acceptors (Lipinski definition) is 4. The van der Waals surface area contributed by atoms with Crippen LogP contribution in [0.15, 0.2) is 6.58 Å². The summed E-state index contributed by atoms with van der Waals surface area (Å²) in [5.41, 5.74) is 1.98. The lowest BCUT2D eigenvalue weighted by molar-refractivity contribution is 0.286. The van der Waals surface area contributed by atoms with Crippen molar-refractivity contribution < 1.29 is 13.6 Å². The van der Waals surface area contributed by atoms with Crippen molar-refractivity contribution in [3.05, 3.63) is 17.8 Å². The fourth-order valence-electron chi connectivity index (χ4n) is 1.52. The first-order chi connectivity index (χ1) is 7.62. The van der Waals surface area contributed by atoms with E-state index in [1.165, 1.54) is 14.2 Å². The zero-order valence-electron chi connectivity index (χ0n) is 9.82. The van der Waals surface area contributed by atoms with Crippen LogP contribution in [-0.2, 0) is 20.0 Å². The van der Waals surface area contributed by atoms with E-state index in [9.17, 15) is 4.57 Å². The molecule has 1 aromatic heterocycles. The first-order valence-electron chi connectivity index (χ1n) is 5.04. The Balaban J connectivity index is 3.27. The molecule has 90 valence electrons. The van der Waals surface area contributed by atoms with Crippen molar-refractivity contribution in [2.45, 2.75) is 19.8 Å². The average Bonchev–Trinajstić information content (AvgIpc) is 2.72. The third kappa shape index (κ3) is 2.26. The third-order valence-corrected chi connectivity index (χ3v) is 4.20. The van der Waals surface area contributed by atoms with Gasteiger partial charge in [0.15, 0.2) is 5.44 Å². The lowest BCUT2D eigenvalue weighted by Gasteiger charge is -2.13. The minimum atomic E-state index is -3.26. The van der Waals surface area contributed by atoms with Crippen molar-refractivity contribution in [3.63, 3.8) is 0 Å². The average molecular weight is 244 g/mol. The quantitative estimate of drug-likeness (QED) is 0.778. The highest BCUT2D eigenvalue weighted by atomic mass is 31.2. The number of hydrogen-bond donors (Lipinski definition) is 1. The molecule has 0 aromatic carbocycles. The van der Waals surface area contributed by atoms with Gasteiger partial charge in [0.1, 0.15) is 0 Å². The molecule has 0 amide bonds. The molecule has 1 heterocycles. The van der Waals surface area contributed by atoms with Crippen LogP contribution in [0.4, 0.5) is 0 Å². The van der Waals surface area contributed by atoms with Crippen LogP contribution in [0.25, 0.3) is 6.08 Å². The van der Waals surface area contributed by atoms with Crippen molar-refractivity contribution >= 4 is 19.1 Å². The smallest absolute Gasteiger partial charge is 0.308 e. The fourth-order valence-corrected chi connectivity index (χ4v) is 2.76. The molecule has 1 rings (SSSR count). The van der Waals surface area contributed by atoms with E-state index in [1.807, 2.05) is 6.92 Å². The molecular formula is C10H17N2O3P. The standard InChI is InChI=1S/C10H17N2O3P/c1-5-7-8-9(6-2)11-12-10(8)16(13,14-3)15-4/h6H,2,5,7H2,1,3-4H3,(H,11,12). The summed E-state index contributed by atoms with van der Waals surface area (Å²) >= 11 is 0. The van der Waals surface area contributed by atoms with Crippen LogP contribution in [-0.4, -0.2) is 24.4 Å². The lowest BCUT2D eigenvalue weighted by atomic mass is 10.1. The highest BCUT2D eigenvalue weighted by Crippen LogP contribution is 2.45. The molecule has 0 unspecified atom stereocenters. The highest BCUT2D eigenvalue weighted by molar-refractivity contribution is 7.62. The molecule has 0 fully saturated rings. The van der Waals surface area contributed by atoms with Crippen LogP contribution >= 0.6 is 7.60 Å². The molecule has 0 aliphatic carbocycles. The molecule has 1 aromatic rings. The first kappa shape index (κ1) is 13.2. The molecule has 0 aliphatic heterocycles. The van der Waals surface area contributed by atoms with Gasteiger partial charge in [0.2, 0.25) is 0 Å². The van der Waals surface area contributed by atoms with Gasteiger partial charge in [-0.1, -0.05) is 19.9 Å². The molecule has 0 aliphatic rings. The maximum absolute atomic E-state index is 12.2. The molecule has 0 radical (unpaired) electrons. The predicted octanol–water partition coefficient (Wildman–Crippen LogP) is 2.12. The minimum Gasteiger partial charge on any atom is -0.308 e. The first-order valence-corrected chi connectivity index (χ1v) is 6.59. The van der Waals surface area contributed by atoms with Gasteiger partial charge in [-0.3, -0.25) is 9.66 Å². The van der Waals surface area contributed by atoms with Crippen LogP contribution in [0.3, 0.4) is 0 Å². The Morgan fingerprint density at radius 2 is 2.12 bits per heavy atom. The SMILES string of the molecule is C=Cc1n[nH]c(P(=O)(OC)OC)c1CCC. The molecule has 0 saturated carbocycles.